The Hall–Kier alpha value is -0.620. The summed E-state index contributed by atoms with van der Waals surface area (Å²) < 4.78 is 21.8. The minimum absolute atomic E-state index is 0.261. The van der Waals surface area contributed by atoms with E-state index in [0.29, 0.717) is 19.0 Å². The molecule has 2 N–H and O–H groups in total. The van der Waals surface area contributed by atoms with Gasteiger partial charge in [-0.3, -0.25) is 4.79 Å². The van der Waals surface area contributed by atoms with Crippen LogP contribution in [0.2, 0.25) is 0 Å². The highest BCUT2D eigenvalue weighted by Gasteiger charge is 2.54. The molecule has 0 unspecified atom stereocenters. The first-order valence-corrected chi connectivity index (χ1v) is 7.75. The lowest BCUT2D eigenvalue weighted by Gasteiger charge is -2.50. The molecule has 0 aromatic carbocycles. The average Bonchev–Trinajstić information content (AvgIpc) is 2.92. The Labute approximate surface area is 102 Å². The number of amides is 1. The van der Waals surface area contributed by atoms with Gasteiger partial charge in [-0.15, -0.1) is 0 Å². The Morgan fingerprint density at radius 3 is 2.18 bits per heavy atom. The maximum absolute atomic E-state index is 12.1. The standard InChI is InChI=1S/C11H20N2O3S/c1-10(2,17(3,15)16)9(14)13-6-11(12,7-13)8-4-5-8/h8H,4-7,12H2,1-3H3. The molecule has 1 saturated carbocycles. The van der Waals surface area contributed by atoms with Crippen molar-refractivity contribution in [2.45, 2.75) is 37.0 Å². The molecule has 0 atom stereocenters. The van der Waals surface area contributed by atoms with Crippen molar-refractivity contribution in [3.63, 3.8) is 0 Å². The zero-order valence-electron chi connectivity index (χ0n) is 10.6. The molecule has 1 aliphatic carbocycles. The molecule has 2 fully saturated rings. The van der Waals surface area contributed by atoms with Crippen molar-refractivity contribution < 1.29 is 13.2 Å². The third-order valence-corrected chi connectivity index (χ3v) is 6.12. The van der Waals surface area contributed by atoms with Crippen molar-refractivity contribution in [2.24, 2.45) is 11.7 Å². The third-order valence-electron chi connectivity index (χ3n) is 4.09. The summed E-state index contributed by atoms with van der Waals surface area (Å²) in [6.45, 7) is 3.90. The monoisotopic (exact) mass is 260 g/mol. The fraction of sp³-hybridized carbons (Fsp3) is 0.909. The molecule has 5 nitrogen and oxygen atoms in total. The van der Waals surface area contributed by atoms with Crippen molar-refractivity contribution in [1.29, 1.82) is 0 Å². The Morgan fingerprint density at radius 1 is 1.35 bits per heavy atom. The van der Waals surface area contributed by atoms with Crippen LogP contribution in [-0.2, 0) is 14.6 Å². The number of hydrogen-bond acceptors (Lipinski definition) is 4. The van der Waals surface area contributed by atoms with E-state index >= 15 is 0 Å². The largest absolute Gasteiger partial charge is 0.337 e. The minimum Gasteiger partial charge on any atom is -0.337 e. The van der Waals surface area contributed by atoms with Crippen molar-refractivity contribution >= 4 is 15.7 Å². The van der Waals surface area contributed by atoms with Crippen LogP contribution in [0.15, 0.2) is 0 Å². The molecular formula is C11H20N2O3S. The van der Waals surface area contributed by atoms with Crippen molar-refractivity contribution in [3.8, 4) is 0 Å². The van der Waals surface area contributed by atoms with E-state index in [1.54, 1.807) is 4.90 Å². The first-order valence-electron chi connectivity index (χ1n) is 5.86. The smallest absolute Gasteiger partial charge is 0.243 e. The van der Waals surface area contributed by atoms with Crippen LogP contribution in [0.1, 0.15) is 26.7 Å². The molecule has 0 spiro atoms. The second kappa shape index (κ2) is 3.45. The van der Waals surface area contributed by atoms with Crippen LogP contribution >= 0.6 is 0 Å². The van der Waals surface area contributed by atoms with E-state index in [9.17, 15) is 13.2 Å². The summed E-state index contributed by atoms with van der Waals surface area (Å²) in [4.78, 5) is 13.7. The lowest BCUT2D eigenvalue weighted by Crippen LogP contribution is -2.72. The van der Waals surface area contributed by atoms with E-state index in [4.69, 9.17) is 5.73 Å². The van der Waals surface area contributed by atoms with Gasteiger partial charge in [0.15, 0.2) is 9.84 Å². The molecule has 0 aromatic heterocycles. The summed E-state index contributed by atoms with van der Waals surface area (Å²) >= 11 is 0. The molecule has 0 radical (unpaired) electrons. The number of likely N-dealkylation sites (tertiary alicyclic amines) is 1. The van der Waals surface area contributed by atoms with E-state index in [1.165, 1.54) is 13.8 Å². The predicted molar refractivity (Wildman–Crippen MR) is 65.1 cm³/mol. The molecule has 98 valence electrons. The first-order chi connectivity index (χ1) is 7.58. The van der Waals surface area contributed by atoms with E-state index in [-0.39, 0.29) is 11.4 Å². The van der Waals surface area contributed by atoms with E-state index in [0.717, 1.165) is 19.1 Å². The van der Waals surface area contributed by atoms with Gasteiger partial charge in [-0.1, -0.05) is 0 Å². The maximum atomic E-state index is 12.1. The molecule has 1 saturated heterocycles. The Bertz CT molecular complexity index is 445. The van der Waals surface area contributed by atoms with Crippen molar-refractivity contribution in [1.82, 2.24) is 4.90 Å². The molecule has 2 aliphatic rings. The van der Waals surface area contributed by atoms with Gasteiger partial charge in [-0.25, -0.2) is 8.42 Å². The van der Waals surface area contributed by atoms with Gasteiger partial charge < -0.3 is 10.6 Å². The molecule has 6 heteroatoms. The Balaban J connectivity index is 2.04. The van der Waals surface area contributed by atoms with Crippen molar-refractivity contribution in [3.05, 3.63) is 0 Å². The van der Waals surface area contributed by atoms with Gasteiger partial charge in [0.2, 0.25) is 5.91 Å². The summed E-state index contributed by atoms with van der Waals surface area (Å²) in [5.41, 5.74) is 5.88. The average molecular weight is 260 g/mol. The highest BCUT2D eigenvalue weighted by molar-refractivity contribution is 7.92. The third kappa shape index (κ3) is 1.97. The molecule has 1 amide bonds. The highest BCUT2D eigenvalue weighted by atomic mass is 32.2. The molecule has 1 heterocycles. The van der Waals surface area contributed by atoms with Crippen LogP contribution < -0.4 is 5.73 Å². The number of carbonyl (C=O) groups excluding carboxylic acids is 1. The first kappa shape index (κ1) is 12.8. The number of sulfone groups is 1. The number of nitrogens with two attached hydrogens (primary N) is 1. The summed E-state index contributed by atoms with van der Waals surface area (Å²) in [5, 5.41) is 0. The Kier molecular flexibility index (Phi) is 2.60. The molecule has 0 aromatic rings. The fourth-order valence-corrected chi connectivity index (χ4v) is 2.71. The minimum atomic E-state index is -3.40. The van der Waals surface area contributed by atoms with Gasteiger partial charge >= 0.3 is 0 Å². The lowest BCUT2D eigenvalue weighted by molar-refractivity contribution is -0.141. The summed E-state index contributed by atoms with van der Waals surface area (Å²) in [5.74, 6) is 0.189. The van der Waals surface area contributed by atoms with Gasteiger partial charge in [0.1, 0.15) is 4.75 Å². The van der Waals surface area contributed by atoms with Gasteiger partial charge in [-0.05, 0) is 32.6 Å². The number of nitrogens with zero attached hydrogens (tertiary/aromatic N) is 1. The van der Waals surface area contributed by atoms with Gasteiger partial charge in [0.25, 0.3) is 0 Å². The number of carbonyl (C=O) groups is 1. The molecule has 2 rings (SSSR count). The van der Waals surface area contributed by atoms with Gasteiger partial charge in [-0.2, -0.15) is 0 Å². The zero-order chi connectivity index (χ0) is 13.1. The van der Waals surface area contributed by atoms with Crippen LogP contribution in [0, 0.1) is 5.92 Å². The topological polar surface area (TPSA) is 80.5 Å². The Morgan fingerprint density at radius 2 is 1.82 bits per heavy atom. The number of rotatable bonds is 3. The van der Waals surface area contributed by atoms with Gasteiger partial charge in [0, 0.05) is 19.3 Å². The second-order valence-corrected chi connectivity index (χ2v) is 8.52. The van der Waals surface area contributed by atoms with Gasteiger partial charge in [0.05, 0.1) is 5.54 Å². The molecule has 0 bridgehead atoms. The molecule has 1 aliphatic heterocycles. The lowest BCUT2D eigenvalue weighted by atomic mass is 9.85. The quantitative estimate of drug-likeness (QED) is 0.759. The van der Waals surface area contributed by atoms with E-state index in [2.05, 4.69) is 0 Å². The summed E-state index contributed by atoms with van der Waals surface area (Å²) in [6, 6.07) is 0. The van der Waals surface area contributed by atoms with Crippen LogP contribution in [0.25, 0.3) is 0 Å². The summed E-state index contributed by atoms with van der Waals surface area (Å²) in [7, 11) is -3.40. The maximum Gasteiger partial charge on any atom is 0.243 e. The highest BCUT2D eigenvalue weighted by Crippen LogP contribution is 2.43. The van der Waals surface area contributed by atoms with Crippen LogP contribution in [0.3, 0.4) is 0 Å². The fourth-order valence-electron chi connectivity index (χ4n) is 2.26. The second-order valence-electron chi connectivity index (χ2n) is 5.95. The predicted octanol–water partition coefficient (Wildman–Crippen LogP) is -0.241. The normalized spacial score (nSPS) is 24.4. The molecular weight excluding hydrogens is 240 g/mol. The van der Waals surface area contributed by atoms with Crippen LogP contribution in [0.5, 0.6) is 0 Å². The zero-order valence-corrected chi connectivity index (χ0v) is 11.4. The van der Waals surface area contributed by atoms with E-state index in [1.807, 2.05) is 0 Å². The van der Waals surface area contributed by atoms with Crippen LogP contribution in [0.4, 0.5) is 0 Å². The van der Waals surface area contributed by atoms with Crippen LogP contribution in [-0.4, -0.2) is 48.9 Å². The SMILES string of the molecule is CC(C)(C(=O)N1CC(N)(C2CC2)C1)S(C)(=O)=O. The summed E-state index contributed by atoms with van der Waals surface area (Å²) in [6.07, 6.45) is 3.36. The van der Waals surface area contributed by atoms with Crippen molar-refractivity contribution in [2.75, 3.05) is 19.3 Å². The molecule has 17 heavy (non-hydrogen) atoms. The van der Waals surface area contributed by atoms with E-state index < -0.39 is 14.6 Å². The number of hydrogen-bond donors (Lipinski definition) is 1.